The zero-order valence-electron chi connectivity index (χ0n) is 11.9. The number of carboxylic acid groups (broad SMARTS) is 1. The molecule has 0 unspecified atom stereocenters. The molecule has 0 radical (unpaired) electrons. The Hall–Kier alpha value is -2.13. The van der Waals surface area contributed by atoms with E-state index in [1.165, 1.54) is 11.1 Å². The molecule has 3 rings (SSSR count). The van der Waals surface area contributed by atoms with Crippen molar-refractivity contribution in [2.75, 3.05) is 19.6 Å². The van der Waals surface area contributed by atoms with Gasteiger partial charge in [-0.25, -0.2) is 0 Å². The Morgan fingerprint density at radius 3 is 1.90 bits per heavy atom. The average molecular weight is 281 g/mol. The van der Waals surface area contributed by atoms with Crippen LogP contribution in [-0.2, 0) is 4.79 Å². The van der Waals surface area contributed by atoms with E-state index in [1.54, 1.807) is 0 Å². The maximum absolute atomic E-state index is 10.9. The molecular formula is C18H19NO2. The zero-order valence-corrected chi connectivity index (χ0v) is 11.9. The summed E-state index contributed by atoms with van der Waals surface area (Å²) in [5.41, 5.74) is 2.56. The van der Waals surface area contributed by atoms with E-state index in [9.17, 15) is 4.79 Å². The number of hydrogen-bond acceptors (Lipinski definition) is 2. The first-order chi connectivity index (χ1) is 10.2. The van der Waals surface area contributed by atoms with E-state index in [4.69, 9.17) is 5.11 Å². The van der Waals surface area contributed by atoms with E-state index in [0.29, 0.717) is 19.0 Å². The molecule has 1 heterocycles. The summed E-state index contributed by atoms with van der Waals surface area (Å²) in [5, 5.41) is 8.99. The van der Waals surface area contributed by atoms with Crippen LogP contribution in [0.1, 0.15) is 17.0 Å². The highest BCUT2D eigenvalue weighted by Crippen LogP contribution is 2.28. The molecule has 3 heteroatoms. The molecular weight excluding hydrogens is 262 g/mol. The molecule has 1 aliphatic rings. The Kier molecular flexibility index (Phi) is 4.02. The van der Waals surface area contributed by atoms with E-state index in [2.05, 4.69) is 53.4 Å². The molecule has 1 fully saturated rings. The standard InChI is InChI=1S/C18H19NO2/c20-18(21)16-11-19(12-16)13-17(14-7-3-1-4-8-14)15-9-5-2-6-10-15/h1-10,16-17H,11-13H2,(H,20,21). The molecule has 0 saturated carbocycles. The maximum Gasteiger partial charge on any atom is 0.309 e. The first-order valence-corrected chi connectivity index (χ1v) is 7.29. The van der Waals surface area contributed by atoms with Gasteiger partial charge < -0.3 is 10.0 Å². The molecule has 21 heavy (non-hydrogen) atoms. The number of benzene rings is 2. The zero-order chi connectivity index (χ0) is 14.7. The molecule has 0 amide bonds. The molecule has 1 saturated heterocycles. The summed E-state index contributed by atoms with van der Waals surface area (Å²) in [7, 11) is 0. The number of carbonyl (C=O) groups is 1. The lowest BCUT2D eigenvalue weighted by Gasteiger charge is -2.39. The molecule has 0 bridgehead atoms. The SMILES string of the molecule is O=C(O)C1CN(CC(c2ccccc2)c2ccccc2)C1. The highest BCUT2D eigenvalue weighted by Gasteiger charge is 2.34. The van der Waals surface area contributed by atoms with Gasteiger partial charge in [-0.05, 0) is 11.1 Å². The van der Waals surface area contributed by atoms with Crippen LogP contribution in [0.5, 0.6) is 0 Å². The lowest BCUT2D eigenvalue weighted by Crippen LogP contribution is -2.51. The quantitative estimate of drug-likeness (QED) is 0.916. The Morgan fingerprint density at radius 2 is 1.48 bits per heavy atom. The van der Waals surface area contributed by atoms with Crippen molar-refractivity contribution in [3.8, 4) is 0 Å². The highest BCUT2D eigenvalue weighted by molar-refractivity contribution is 5.71. The van der Waals surface area contributed by atoms with Crippen molar-refractivity contribution in [3.63, 3.8) is 0 Å². The van der Waals surface area contributed by atoms with Gasteiger partial charge in [-0.15, -0.1) is 0 Å². The Balaban J connectivity index is 1.77. The number of rotatable bonds is 5. The fourth-order valence-electron chi connectivity index (χ4n) is 2.91. The van der Waals surface area contributed by atoms with Crippen molar-refractivity contribution in [2.24, 2.45) is 5.92 Å². The Bertz CT molecular complexity index is 552. The third kappa shape index (κ3) is 3.14. The van der Waals surface area contributed by atoms with Gasteiger partial charge in [0.05, 0.1) is 5.92 Å². The second-order valence-electron chi connectivity index (χ2n) is 5.63. The summed E-state index contributed by atoms with van der Waals surface area (Å²) < 4.78 is 0. The number of aliphatic carboxylic acids is 1. The van der Waals surface area contributed by atoms with Crippen LogP contribution >= 0.6 is 0 Å². The van der Waals surface area contributed by atoms with Crippen molar-refractivity contribution in [3.05, 3.63) is 71.8 Å². The average Bonchev–Trinajstić information content (AvgIpc) is 2.47. The molecule has 0 aliphatic carbocycles. The lowest BCUT2D eigenvalue weighted by atomic mass is 9.88. The molecule has 0 aromatic heterocycles. The maximum atomic E-state index is 10.9. The van der Waals surface area contributed by atoms with Gasteiger partial charge in [-0.2, -0.15) is 0 Å². The smallest absolute Gasteiger partial charge is 0.309 e. The van der Waals surface area contributed by atoms with Gasteiger partial charge in [0, 0.05) is 25.6 Å². The molecule has 3 nitrogen and oxygen atoms in total. The Labute approximate surface area is 124 Å². The normalized spacial score (nSPS) is 15.9. The molecule has 0 spiro atoms. The van der Waals surface area contributed by atoms with Gasteiger partial charge in [-0.1, -0.05) is 60.7 Å². The predicted molar refractivity (Wildman–Crippen MR) is 82.3 cm³/mol. The van der Waals surface area contributed by atoms with Crippen LogP contribution in [0.4, 0.5) is 0 Å². The summed E-state index contributed by atoms with van der Waals surface area (Å²) in [5.74, 6) is -0.582. The minimum Gasteiger partial charge on any atom is -0.481 e. The summed E-state index contributed by atoms with van der Waals surface area (Å²) >= 11 is 0. The van der Waals surface area contributed by atoms with Crippen LogP contribution in [0.2, 0.25) is 0 Å². The summed E-state index contributed by atoms with van der Waals surface area (Å²) in [4.78, 5) is 13.2. The van der Waals surface area contributed by atoms with Crippen LogP contribution < -0.4 is 0 Å². The van der Waals surface area contributed by atoms with Crippen molar-refractivity contribution in [1.29, 1.82) is 0 Å². The van der Waals surface area contributed by atoms with E-state index in [0.717, 1.165) is 6.54 Å². The second kappa shape index (κ2) is 6.10. The number of carboxylic acids is 1. The second-order valence-corrected chi connectivity index (χ2v) is 5.63. The van der Waals surface area contributed by atoms with E-state index in [1.807, 2.05) is 12.1 Å². The molecule has 2 aromatic carbocycles. The summed E-state index contributed by atoms with van der Waals surface area (Å²) in [6.07, 6.45) is 0. The fraction of sp³-hybridized carbons (Fsp3) is 0.278. The molecule has 1 aliphatic heterocycles. The summed E-state index contributed by atoms with van der Waals surface area (Å²) in [6, 6.07) is 20.9. The Morgan fingerprint density at radius 1 is 1.00 bits per heavy atom. The number of likely N-dealkylation sites (tertiary alicyclic amines) is 1. The highest BCUT2D eigenvalue weighted by atomic mass is 16.4. The summed E-state index contributed by atoms with van der Waals surface area (Å²) in [6.45, 7) is 2.19. The van der Waals surface area contributed by atoms with E-state index in [-0.39, 0.29) is 5.92 Å². The third-order valence-corrected chi connectivity index (χ3v) is 4.15. The van der Waals surface area contributed by atoms with Gasteiger partial charge in [0.2, 0.25) is 0 Å². The van der Waals surface area contributed by atoms with Crippen LogP contribution in [0, 0.1) is 5.92 Å². The largest absolute Gasteiger partial charge is 0.481 e. The first kappa shape index (κ1) is 13.8. The fourth-order valence-corrected chi connectivity index (χ4v) is 2.91. The van der Waals surface area contributed by atoms with Crippen molar-refractivity contribution >= 4 is 5.97 Å². The van der Waals surface area contributed by atoms with Gasteiger partial charge in [-0.3, -0.25) is 4.79 Å². The van der Waals surface area contributed by atoms with Crippen molar-refractivity contribution < 1.29 is 9.90 Å². The molecule has 108 valence electrons. The van der Waals surface area contributed by atoms with Crippen molar-refractivity contribution in [1.82, 2.24) is 4.90 Å². The monoisotopic (exact) mass is 281 g/mol. The van der Waals surface area contributed by atoms with Crippen molar-refractivity contribution in [2.45, 2.75) is 5.92 Å². The third-order valence-electron chi connectivity index (χ3n) is 4.15. The predicted octanol–water partition coefficient (Wildman–Crippen LogP) is 2.83. The minimum atomic E-state index is -0.678. The van der Waals surface area contributed by atoms with Gasteiger partial charge >= 0.3 is 5.97 Å². The van der Waals surface area contributed by atoms with Crippen LogP contribution in [0.25, 0.3) is 0 Å². The van der Waals surface area contributed by atoms with Crippen LogP contribution in [-0.4, -0.2) is 35.6 Å². The molecule has 2 aromatic rings. The van der Waals surface area contributed by atoms with Crippen LogP contribution in [0.3, 0.4) is 0 Å². The van der Waals surface area contributed by atoms with E-state index < -0.39 is 5.97 Å². The topological polar surface area (TPSA) is 40.5 Å². The van der Waals surface area contributed by atoms with E-state index >= 15 is 0 Å². The minimum absolute atomic E-state index is 0.197. The number of hydrogen-bond donors (Lipinski definition) is 1. The number of nitrogens with zero attached hydrogens (tertiary/aromatic N) is 1. The first-order valence-electron chi connectivity index (χ1n) is 7.29. The van der Waals surface area contributed by atoms with Gasteiger partial charge in [0.25, 0.3) is 0 Å². The molecule has 0 atom stereocenters. The van der Waals surface area contributed by atoms with Gasteiger partial charge in [0.15, 0.2) is 0 Å². The lowest BCUT2D eigenvalue weighted by molar-refractivity contribution is -0.147. The van der Waals surface area contributed by atoms with Crippen LogP contribution in [0.15, 0.2) is 60.7 Å². The molecule has 1 N–H and O–H groups in total. The van der Waals surface area contributed by atoms with Gasteiger partial charge in [0.1, 0.15) is 0 Å².